The van der Waals surface area contributed by atoms with E-state index >= 15 is 0 Å². The predicted molar refractivity (Wildman–Crippen MR) is 75.6 cm³/mol. The number of benzene rings is 1. The third kappa shape index (κ3) is 2.72. The molecule has 1 aliphatic rings. The summed E-state index contributed by atoms with van der Waals surface area (Å²) in [6.45, 7) is 0. The quantitative estimate of drug-likeness (QED) is 0.943. The van der Waals surface area contributed by atoms with Crippen molar-refractivity contribution in [2.75, 3.05) is 0 Å². The number of nitrogens with zero attached hydrogens (tertiary/aromatic N) is 2. The van der Waals surface area contributed by atoms with Gasteiger partial charge >= 0.3 is 0 Å². The van der Waals surface area contributed by atoms with Crippen LogP contribution in [0, 0.1) is 0 Å². The van der Waals surface area contributed by atoms with Gasteiger partial charge in [-0.1, -0.05) is 46.1 Å². The summed E-state index contributed by atoms with van der Waals surface area (Å²) >= 11 is 3.42. The normalized spacial score (nSPS) is 17.8. The Morgan fingerprint density at radius 1 is 1.21 bits per heavy atom. The van der Waals surface area contributed by atoms with Crippen LogP contribution in [0.25, 0.3) is 0 Å². The second kappa shape index (κ2) is 5.06. The minimum absolute atomic E-state index is 0.374. The van der Waals surface area contributed by atoms with Gasteiger partial charge < -0.3 is 10.3 Å². The highest BCUT2D eigenvalue weighted by Crippen LogP contribution is 2.34. The lowest BCUT2D eigenvalue weighted by molar-refractivity contribution is 0.352. The summed E-state index contributed by atoms with van der Waals surface area (Å²) in [5.74, 6) is 1.30. The van der Waals surface area contributed by atoms with Crippen LogP contribution in [0.1, 0.15) is 43.0 Å². The smallest absolute Gasteiger partial charge is 0.231 e. The molecule has 0 aliphatic heterocycles. The number of hydrogen-bond donors (Lipinski definition) is 1. The van der Waals surface area contributed by atoms with Gasteiger partial charge in [-0.15, -0.1) is 0 Å². The molecule has 0 unspecified atom stereocenters. The first-order chi connectivity index (χ1) is 9.16. The molecule has 1 heterocycles. The zero-order chi connectivity index (χ0) is 13.3. The Hall–Kier alpha value is -1.20. The van der Waals surface area contributed by atoms with E-state index in [-0.39, 0.29) is 5.54 Å². The first-order valence-corrected chi connectivity index (χ1v) is 7.31. The molecule has 4 nitrogen and oxygen atoms in total. The molecule has 0 bridgehead atoms. The zero-order valence-electron chi connectivity index (χ0n) is 10.6. The predicted octanol–water partition coefficient (Wildman–Crippen LogP) is 3.15. The Labute approximate surface area is 120 Å². The Balaban J connectivity index is 1.76. The van der Waals surface area contributed by atoms with Gasteiger partial charge in [0, 0.05) is 4.47 Å². The molecule has 1 fully saturated rings. The van der Waals surface area contributed by atoms with Crippen LogP contribution in [0.15, 0.2) is 33.3 Å². The molecule has 19 heavy (non-hydrogen) atoms. The summed E-state index contributed by atoms with van der Waals surface area (Å²) in [6.07, 6.45) is 4.84. The highest BCUT2D eigenvalue weighted by molar-refractivity contribution is 9.10. The molecular weight excluding hydrogens is 306 g/mol. The van der Waals surface area contributed by atoms with Crippen molar-refractivity contribution in [3.05, 3.63) is 46.0 Å². The third-order valence-corrected chi connectivity index (χ3v) is 4.21. The Morgan fingerprint density at radius 3 is 2.58 bits per heavy atom. The first-order valence-electron chi connectivity index (χ1n) is 6.52. The van der Waals surface area contributed by atoms with Gasteiger partial charge in [0.15, 0.2) is 5.82 Å². The topological polar surface area (TPSA) is 64.9 Å². The molecule has 0 atom stereocenters. The molecule has 2 aromatic rings. The molecule has 5 heteroatoms. The van der Waals surface area contributed by atoms with Gasteiger partial charge in [0.2, 0.25) is 5.89 Å². The second-order valence-corrected chi connectivity index (χ2v) is 6.09. The average molecular weight is 322 g/mol. The van der Waals surface area contributed by atoms with E-state index in [0.29, 0.717) is 18.1 Å². The van der Waals surface area contributed by atoms with Gasteiger partial charge in [-0.05, 0) is 30.5 Å². The number of halogens is 1. The maximum Gasteiger partial charge on any atom is 0.231 e. The molecular formula is C14H16BrN3O. The van der Waals surface area contributed by atoms with Crippen LogP contribution in [0.3, 0.4) is 0 Å². The van der Waals surface area contributed by atoms with Gasteiger partial charge in [-0.3, -0.25) is 0 Å². The fourth-order valence-corrected chi connectivity index (χ4v) is 2.80. The van der Waals surface area contributed by atoms with Gasteiger partial charge in [0.1, 0.15) is 0 Å². The number of nitrogens with two attached hydrogens (primary N) is 1. The van der Waals surface area contributed by atoms with Crippen molar-refractivity contribution in [3.63, 3.8) is 0 Å². The van der Waals surface area contributed by atoms with Crippen LogP contribution < -0.4 is 5.73 Å². The van der Waals surface area contributed by atoms with E-state index in [9.17, 15) is 0 Å². The molecule has 100 valence electrons. The van der Waals surface area contributed by atoms with E-state index in [2.05, 4.69) is 26.1 Å². The van der Waals surface area contributed by atoms with E-state index < -0.39 is 0 Å². The lowest BCUT2D eigenvalue weighted by Crippen LogP contribution is -2.34. The standard InChI is InChI=1S/C14H16BrN3O/c15-11-5-3-10(4-6-11)9-12-17-13(18-19-12)14(16)7-1-2-8-14/h3-6H,1-2,7-9,16H2. The third-order valence-electron chi connectivity index (χ3n) is 3.68. The largest absolute Gasteiger partial charge is 0.339 e. The molecule has 0 amide bonds. The molecule has 1 aliphatic carbocycles. The van der Waals surface area contributed by atoms with E-state index in [1.165, 1.54) is 0 Å². The van der Waals surface area contributed by atoms with Crippen molar-refractivity contribution >= 4 is 15.9 Å². The number of rotatable bonds is 3. The zero-order valence-corrected chi connectivity index (χ0v) is 12.2. The minimum Gasteiger partial charge on any atom is -0.339 e. The van der Waals surface area contributed by atoms with Crippen molar-refractivity contribution < 1.29 is 4.52 Å². The lowest BCUT2D eigenvalue weighted by Gasteiger charge is -2.17. The minimum atomic E-state index is -0.374. The summed E-state index contributed by atoms with van der Waals surface area (Å²) in [6, 6.07) is 8.10. The van der Waals surface area contributed by atoms with Crippen molar-refractivity contribution in [2.24, 2.45) is 5.73 Å². The van der Waals surface area contributed by atoms with Gasteiger partial charge in [0.25, 0.3) is 0 Å². The van der Waals surface area contributed by atoms with Crippen molar-refractivity contribution in [2.45, 2.75) is 37.6 Å². The SMILES string of the molecule is NC1(c2noc(Cc3ccc(Br)cc3)n2)CCCC1. The van der Waals surface area contributed by atoms with Gasteiger partial charge in [-0.25, -0.2) is 0 Å². The highest BCUT2D eigenvalue weighted by Gasteiger charge is 2.35. The summed E-state index contributed by atoms with van der Waals surface area (Å²) in [4.78, 5) is 4.47. The van der Waals surface area contributed by atoms with E-state index in [0.717, 1.165) is 35.7 Å². The average Bonchev–Trinajstić information content (AvgIpc) is 3.02. The molecule has 2 N–H and O–H groups in total. The molecule has 1 aromatic carbocycles. The summed E-state index contributed by atoms with van der Waals surface area (Å²) in [7, 11) is 0. The van der Waals surface area contributed by atoms with E-state index in [4.69, 9.17) is 10.3 Å². The highest BCUT2D eigenvalue weighted by atomic mass is 79.9. The van der Waals surface area contributed by atoms with E-state index in [1.54, 1.807) is 0 Å². The molecule has 0 saturated heterocycles. The summed E-state index contributed by atoms with van der Waals surface area (Å²) in [5.41, 5.74) is 7.09. The van der Waals surface area contributed by atoms with E-state index in [1.807, 2.05) is 24.3 Å². The summed E-state index contributed by atoms with van der Waals surface area (Å²) < 4.78 is 6.39. The molecule has 1 saturated carbocycles. The molecule has 1 aromatic heterocycles. The lowest BCUT2D eigenvalue weighted by atomic mass is 9.99. The van der Waals surface area contributed by atoms with Crippen LogP contribution in [-0.2, 0) is 12.0 Å². The van der Waals surface area contributed by atoms with Crippen molar-refractivity contribution in [1.82, 2.24) is 10.1 Å². The summed E-state index contributed by atoms with van der Waals surface area (Å²) in [5, 5.41) is 4.06. The first kappa shape index (κ1) is 12.8. The van der Waals surface area contributed by atoms with Crippen LogP contribution >= 0.6 is 15.9 Å². The van der Waals surface area contributed by atoms with Gasteiger partial charge in [0.05, 0.1) is 12.0 Å². The molecule has 3 rings (SSSR count). The van der Waals surface area contributed by atoms with Crippen LogP contribution in [0.4, 0.5) is 0 Å². The van der Waals surface area contributed by atoms with Crippen molar-refractivity contribution in [3.8, 4) is 0 Å². The molecule has 0 spiro atoms. The van der Waals surface area contributed by atoms with Gasteiger partial charge in [-0.2, -0.15) is 4.98 Å². The number of aromatic nitrogens is 2. The Bertz CT molecular complexity index is 558. The Kier molecular flexibility index (Phi) is 3.41. The fraction of sp³-hybridized carbons (Fsp3) is 0.429. The molecule has 0 radical (unpaired) electrons. The van der Waals surface area contributed by atoms with Crippen LogP contribution in [0.5, 0.6) is 0 Å². The van der Waals surface area contributed by atoms with Crippen LogP contribution in [-0.4, -0.2) is 10.1 Å². The maximum absolute atomic E-state index is 6.32. The fourth-order valence-electron chi connectivity index (χ4n) is 2.54. The monoisotopic (exact) mass is 321 g/mol. The number of hydrogen-bond acceptors (Lipinski definition) is 4. The second-order valence-electron chi connectivity index (χ2n) is 5.18. The van der Waals surface area contributed by atoms with Crippen LogP contribution in [0.2, 0.25) is 0 Å². The van der Waals surface area contributed by atoms with Crippen molar-refractivity contribution in [1.29, 1.82) is 0 Å². The Morgan fingerprint density at radius 2 is 1.89 bits per heavy atom. The maximum atomic E-state index is 6.32.